The van der Waals surface area contributed by atoms with Gasteiger partial charge in [0.1, 0.15) is 8.07 Å². The van der Waals surface area contributed by atoms with Crippen molar-refractivity contribution >= 4 is 25.2 Å². The molecule has 0 aliphatic carbocycles. The number of hydrogen-bond acceptors (Lipinski definition) is 2. The molecule has 0 aliphatic heterocycles. The molecule has 0 spiro atoms. The van der Waals surface area contributed by atoms with Crippen LogP contribution in [0.2, 0.25) is 19.6 Å². The van der Waals surface area contributed by atoms with Crippen molar-refractivity contribution in [1.29, 1.82) is 0 Å². The second-order valence-corrected chi connectivity index (χ2v) is 9.50. The van der Waals surface area contributed by atoms with Gasteiger partial charge in [-0.15, -0.1) is 16.9 Å². The monoisotopic (exact) mass is 208 g/mol. The Morgan fingerprint density at radius 2 is 2.15 bits per heavy atom. The lowest BCUT2D eigenvalue weighted by atomic mass is 10.3. The zero-order valence-corrected chi connectivity index (χ0v) is 9.87. The van der Waals surface area contributed by atoms with Gasteiger partial charge in [0, 0.05) is 0 Å². The quantitative estimate of drug-likeness (QED) is 0.394. The fraction of sp³-hybridized carbons (Fsp3) is 0.300. The van der Waals surface area contributed by atoms with E-state index in [0.29, 0.717) is 0 Å². The van der Waals surface area contributed by atoms with Crippen molar-refractivity contribution in [2.45, 2.75) is 19.6 Å². The first-order valence-corrected chi connectivity index (χ1v) is 8.48. The van der Waals surface area contributed by atoms with Crippen LogP contribution in [0.25, 0.3) is 0 Å². The Kier molecular flexibility index (Phi) is 3.07. The number of carbonyl (C=O) groups is 1. The average Bonchev–Trinajstić information content (AvgIpc) is 2.50. The number of hydrogen-bond donors (Lipinski definition) is 0. The molecule has 0 fully saturated rings. The average molecular weight is 208 g/mol. The largest absolute Gasteiger partial charge is 0.278 e. The molecule has 68 valence electrons. The third-order valence-electron chi connectivity index (χ3n) is 1.30. The molecule has 1 rings (SSSR count). The van der Waals surface area contributed by atoms with Crippen LogP contribution >= 0.6 is 11.3 Å². The highest BCUT2D eigenvalue weighted by Gasteiger charge is 2.09. The van der Waals surface area contributed by atoms with Crippen LogP contribution in [0.4, 0.5) is 0 Å². The Morgan fingerprint density at radius 1 is 1.46 bits per heavy atom. The molecule has 13 heavy (non-hydrogen) atoms. The van der Waals surface area contributed by atoms with E-state index in [1.807, 2.05) is 17.5 Å². The van der Waals surface area contributed by atoms with Gasteiger partial charge in [0.25, 0.3) is 0 Å². The minimum Gasteiger partial charge on any atom is -0.278 e. The van der Waals surface area contributed by atoms with Crippen LogP contribution in [0.3, 0.4) is 0 Å². The summed E-state index contributed by atoms with van der Waals surface area (Å²) in [5.74, 6) is 2.66. The van der Waals surface area contributed by atoms with Gasteiger partial charge in [0.2, 0.25) is 5.78 Å². The lowest BCUT2D eigenvalue weighted by Gasteiger charge is -2.02. The van der Waals surface area contributed by atoms with E-state index in [0.717, 1.165) is 4.88 Å². The molecule has 1 nitrogen and oxygen atoms in total. The topological polar surface area (TPSA) is 17.1 Å². The fourth-order valence-corrected chi connectivity index (χ4v) is 1.82. The number of carbonyl (C=O) groups excluding carboxylic acids is 1. The van der Waals surface area contributed by atoms with Crippen molar-refractivity contribution in [3.8, 4) is 11.5 Å². The Hall–Kier alpha value is -0.853. The first-order valence-electron chi connectivity index (χ1n) is 4.10. The molecule has 0 radical (unpaired) electrons. The van der Waals surface area contributed by atoms with Crippen LogP contribution in [-0.2, 0) is 0 Å². The zero-order chi connectivity index (χ0) is 9.90. The molecule has 0 bridgehead atoms. The first kappa shape index (κ1) is 10.2. The van der Waals surface area contributed by atoms with E-state index in [1.54, 1.807) is 0 Å². The first-order chi connectivity index (χ1) is 5.99. The molecular weight excluding hydrogens is 196 g/mol. The third-order valence-corrected chi connectivity index (χ3v) is 3.04. The number of rotatable bonds is 1. The summed E-state index contributed by atoms with van der Waals surface area (Å²) in [6.07, 6.45) is 0. The molecule has 1 heterocycles. The maximum Gasteiger partial charge on any atom is 0.245 e. The summed E-state index contributed by atoms with van der Waals surface area (Å²) in [6, 6.07) is 3.68. The smallest absolute Gasteiger partial charge is 0.245 e. The van der Waals surface area contributed by atoms with Crippen LogP contribution in [0.15, 0.2) is 17.5 Å². The molecular formula is C10H12OSSi. The van der Waals surface area contributed by atoms with Gasteiger partial charge >= 0.3 is 0 Å². The molecule has 0 amide bonds. The lowest BCUT2D eigenvalue weighted by Crippen LogP contribution is -2.17. The van der Waals surface area contributed by atoms with Crippen molar-refractivity contribution in [1.82, 2.24) is 0 Å². The van der Waals surface area contributed by atoms with Gasteiger partial charge in [-0.1, -0.05) is 25.7 Å². The van der Waals surface area contributed by atoms with Gasteiger partial charge in [-0.3, -0.25) is 4.79 Å². The van der Waals surface area contributed by atoms with E-state index in [9.17, 15) is 4.79 Å². The van der Waals surface area contributed by atoms with Gasteiger partial charge in [0.05, 0.1) is 4.88 Å². The van der Waals surface area contributed by atoms with Crippen LogP contribution < -0.4 is 0 Å². The van der Waals surface area contributed by atoms with E-state index in [1.165, 1.54) is 11.3 Å². The molecule has 0 unspecified atom stereocenters. The summed E-state index contributed by atoms with van der Waals surface area (Å²) in [5.41, 5.74) is 3.06. The minimum absolute atomic E-state index is 0.0441. The van der Waals surface area contributed by atoms with Crippen molar-refractivity contribution in [3.05, 3.63) is 22.4 Å². The Morgan fingerprint density at radius 3 is 2.62 bits per heavy atom. The summed E-state index contributed by atoms with van der Waals surface area (Å²) in [5, 5.41) is 1.89. The zero-order valence-electron chi connectivity index (χ0n) is 8.05. The molecule has 1 aromatic rings. The second kappa shape index (κ2) is 3.90. The van der Waals surface area contributed by atoms with Gasteiger partial charge in [0.15, 0.2) is 0 Å². The summed E-state index contributed by atoms with van der Waals surface area (Å²) >= 11 is 1.44. The summed E-state index contributed by atoms with van der Waals surface area (Å²) in [4.78, 5) is 12.2. The molecule has 1 aromatic heterocycles. The molecule has 0 saturated heterocycles. The van der Waals surface area contributed by atoms with Crippen molar-refractivity contribution in [2.75, 3.05) is 0 Å². The molecule has 3 heteroatoms. The Balaban J connectivity index is 2.76. The molecule has 0 N–H and O–H groups in total. The number of thiophene rings is 1. The minimum atomic E-state index is -1.41. The summed E-state index contributed by atoms with van der Waals surface area (Å²) < 4.78 is 0. The maximum atomic E-state index is 11.4. The highest BCUT2D eigenvalue weighted by molar-refractivity contribution is 7.12. The Labute approximate surface area is 83.8 Å². The molecule has 0 atom stereocenters. The highest BCUT2D eigenvalue weighted by Crippen LogP contribution is 2.08. The summed E-state index contributed by atoms with van der Waals surface area (Å²) in [7, 11) is -1.41. The molecule has 0 aromatic carbocycles. The van der Waals surface area contributed by atoms with Crippen molar-refractivity contribution in [3.63, 3.8) is 0 Å². The van der Waals surface area contributed by atoms with Gasteiger partial charge in [-0.2, -0.15) is 0 Å². The van der Waals surface area contributed by atoms with E-state index in [-0.39, 0.29) is 5.78 Å². The molecule has 0 aliphatic rings. The molecule has 0 saturated carbocycles. The maximum absolute atomic E-state index is 11.4. The number of Topliss-reactive ketones (excluding diaryl/α,β-unsaturated/α-hetero) is 1. The van der Waals surface area contributed by atoms with Crippen molar-refractivity contribution < 1.29 is 4.79 Å². The van der Waals surface area contributed by atoms with Gasteiger partial charge < -0.3 is 0 Å². The standard InChI is InChI=1S/C10H12OSSi/c1-13(2,3)8-6-9(11)10-5-4-7-12-10/h4-5,7H,1-3H3. The normalized spacial score (nSPS) is 10.4. The SMILES string of the molecule is C[Si](C)(C)C#CC(=O)c1cccs1. The van der Waals surface area contributed by atoms with Crippen LogP contribution in [0.1, 0.15) is 9.67 Å². The fourth-order valence-electron chi connectivity index (χ4n) is 0.714. The van der Waals surface area contributed by atoms with E-state index in [4.69, 9.17) is 0 Å². The number of ketones is 1. The third kappa shape index (κ3) is 3.58. The van der Waals surface area contributed by atoms with Crippen LogP contribution in [-0.4, -0.2) is 13.9 Å². The lowest BCUT2D eigenvalue weighted by molar-refractivity contribution is 0.106. The van der Waals surface area contributed by atoms with E-state index in [2.05, 4.69) is 31.1 Å². The second-order valence-electron chi connectivity index (χ2n) is 3.81. The van der Waals surface area contributed by atoms with Gasteiger partial charge in [-0.25, -0.2) is 0 Å². The van der Waals surface area contributed by atoms with Crippen LogP contribution in [0.5, 0.6) is 0 Å². The van der Waals surface area contributed by atoms with Gasteiger partial charge in [-0.05, 0) is 17.4 Å². The van der Waals surface area contributed by atoms with Crippen molar-refractivity contribution in [2.24, 2.45) is 0 Å². The Bertz CT molecular complexity index is 349. The van der Waals surface area contributed by atoms with E-state index < -0.39 is 8.07 Å². The van der Waals surface area contributed by atoms with Crippen LogP contribution in [0, 0.1) is 11.5 Å². The predicted octanol–water partition coefficient (Wildman–Crippen LogP) is 2.81. The summed E-state index contributed by atoms with van der Waals surface area (Å²) in [6.45, 7) is 6.38. The predicted molar refractivity (Wildman–Crippen MR) is 59.8 cm³/mol. The van der Waals surface area contributed by atoms with E-state index >= 15 is 0 Å². The highest BCUT2D eigenvalue weighted by atomic mass is 32.1.